The molecular weight excluding hydrogens is 210 g/mol. The number of carboxylic acids is 1. The number of hydrogen-bond donors (Lipinski definition) is 1. The Hall–Kier alpha value is -2.35. The Morgan fingerprint density at radius 3 is 2.94 bits per heavy atom. The number of rotatable bonds is 2. The van der Waals surface area contributed by atoms with Crippen molar-refractivity contribution in [2.45, 2.75) is 6.92 Å². The average molecular weight is 219 g/mol. The summed E-state index contributed by atoms with van der Waals surface area (Å²) in [6.07, 6.45) is 2.63. The van der Waals surface area contributed by atoms with Gasteiger partial charge < -0.3 is 9.84 Å². The van der Waals surface area contributed by atoms with Crippen LogP contribution in [-0.2, 0) is 9.53 Å². The second kappa shape index (κ2) is 5.51. The molecule has 0 radical (unpaired) electrons. The van der Waals surface area contributed by atoms with Gasteiger partial charge in [-0.05, 0) is 13.0 Å². The van der Waals surface area contributed by atoms with Crippen LogP contribution in [-0.4, -0.2) is 28.6 Å². The zero-order valence-corrected chi connectivity index (χ0v) is 8.56. The Labute approximate surface area is 92.1 Å². The van der Waals surface area contributed by atoms with E-state index in [0.29, 0.717) is 0 Å². The molecule has 82 valence electrons. The van der Waals surface area contributed by atoms with E-state index < -0.39 is 11.9 Å². The zero-order chi connectivity index (χ0) is 12.0. The highest BCUT2D eigenvalue weighted by Gasteiger charge is 2.07. The summed E-state index contributed by atoms with van der Waals surface area (Å²) < 4.78 is 4.58. The van der Waals surface area contributed by atoms with E-state index in [-0.39, 0.29) is 17.7 Å². The number of nitrogens with zero attached hydrogens (tertiary/aromatic N) is 1. The number of esters is 1. The van der Waals surface area contributed by atoms with Gasteiger partial charge >= 0.3 is 11.9 Å². The molecule has 1 heterocycles. The largest absolute Gasteiger partial charge is 0.478 e. The van der Waals surface area contributed by atoms with Crippen molar-refractivity contribution in [2.24, 2.45) is 0 Å². The molecule has 0 spiro atoms. The van der Waals surface area contributed by atoms with Crippen molar-refractivity contribution in [3.05, 3.63) is 29.6 Å². The molecule has 0 aromatic carbocycles. The van der Waals surface area contributed by atoms with Crippen LogP contribution >= 0.6 is 0 Å². The third kappa shape index (κ3) is 3.10. The van der Waals surface area contributed by atoms with Gasteiger partial charge in [-0.15, -0.1) is 0 Å². The highest BCUT2D eigenvalue weighted by Crippen LogP contribution is 2.04. The van der Waals surface area contributed by atoms with Crippen LogP contribution < -0.4 is 0 Å². The molecule has 5 nitrogen and oxygen atoms in total. The molecule has 1 rings (SSSR count). The SMILES string of the molecule is CCOC(=O)C#Cc1cnccc1C(=O)O. The smallest absolute Gasteiger partial charge is 0.384 e. The Morgan fingerprint density at radius 1 is 1.56 bits per heavy atom. The van der Waals surface area contributed by atoms with E-state index in [1.165, 1.54) is 18.5 Å². The molecule has 1 aromatic rings. The van der Waals surface area contributed by atoms with Crippen LogP contribution in [0.15, 0.2) is 18.5 Å². The molecule has 5 heteroatoms. The summed E-state index contributed by atoms with van der Waals surface area (Å²) in [5.74, 6) is 2.78. The first-order valence-corrected chi connectivity index (χ1v) is 4.51. The topological polar surface area (TPSA) is 76.5 Å². The number of aromatic carboxylic acids is 1. The lowest BCUT2D eigenvalue weighted by atomic mass is 10.1. The Morgan fingerprint density at radius 2 is 2.31 bits per heavy atom. The highest BCUT2D eigenvalue weighted by molar-refractivity contribution is 5.93. The predicted molar refractivity (Wildman–Crippen MR) is 54.7 cm³/mol. The van der Waals surface area contributed by atoms with Crippen LogP contribution in [0, 0.1) is 11.8 Å². The second-order valence-electron chi connectivity index (χ2n) is 2.70. The predicted octanol–water partition coefficient (Wildman–Crippen LogP) is 0.694. The standard InChI is InChI=1S/C11H9NO4/c1-2-16-10(13)4-3-8-7-12-6-5-9(8)11(14)15/h5-7H,2H2,1H3,(H,14,15). The number of aromatic nitrogens is 1. The van der Waals surface area contributed by atoms with Crippen LogP contribution in [0.25, 0.3) is 0 Å². The van der Waals surface area contributed by atoms with Crippen LogP contribution in [0.5, 0.6) is 0 Å². The normalized spacial score (nSPS) is 8.81. The maximum Gasteiger partial charge on any atom is 0.384 e. The number of pyridine rings is 1. The van der Waals surface area contributed by atoms with Crippen molar-refractivity contribution in [3.8, 4) is 11.8 Å². The van der Waals surface area contributed by atoms with E-state index in [2.05, 4.69) is 21.6 Å². The molecular formula is C11H9NO4. The van der Waals surface area contributed by atoms with Gasteiger partial charge in [0.25, 0.3) is 0 Å². The van der Waals surface area contributed by atoms with E-state index >= 15 is 0 Å². The molecule has 0 amide bonds. The monoisotopic (exact) mass is 219 g/mol. The first kappa shape index (κ1) is 11.7. The van der Waals surface area contributed by atoms with E-state index in [4.69, 9.17) is 5.11 Å². The fraction of sp³-hybridized carbons (Fsp3) is 0.182. The fourth-order valence-electron chi connectivity index (χ4n) is 0.966. The van der Waals surface area contributed by atoms with Gasteiger partial charge in [0.15, 0.2) is 0 Å². The maximum atomic E-state index is 10.9. The van der Waals surface area contributed by atoms with Gasteiger partial charge in [-0.3, -0.25) is 4.98 Å². The highest BCUT2D eigenvalue weighted by atomic mass is 16.5. The van der Waals surface area contributed by atoms with Gasteiger partial charge in [0.2, 0.25) is 0 Å². The fourth-order valence-corrected chi connectivity index (χ4v) is 0.966. The van der Waals surface area contributed by atoms with Crippen molar-refractivity contribution < 1.29 is 19.4 Å². The molecule has 0 saturated carbocycles. The Bertz CT molecular complexity index is 470. The number of ether oxygens (including phenoxy) is 1. The van der Waals surface area contributed by atoms with E-state index in [1.807, 2.05) is 0 Å². The van der Waals surface area contributed by atoms with Crippen LogP contribution in [0.3, 0.4) is 0 Å². The summed E-state index contributed by atoms with van der Waals surface area (Å²) >= 11 is 0. The second-order valence-corrected chi connectivity index (χ2v) is 2.70. The lowest BCUT2D eigenvalue weighted by Gasteiger charge is -1.96. The number of hydrogen-bond acceptors (Lipinski definition) is 4. The molecule has 0 fully saturated rings. The third-order valence-corrected chi connectivity index (χ3v) is 1.63. The molecule has 0 aliphatic heterocycles. The van der Waals surface area contributed by atoms with Crippen molar-refractivity contribution in [2.75, 3.05) is 6.61 Å². The van der Waals surface area contributed by atoms with Gasteiger partial charge in [-0.2, -0.15) is 0 Å². The zero-order valence-electron chi connectivity index (χ0n) is 8.56. The first-order chi connectivity index (χ1) is 7.65. The van der Waals surface area contributed by atoms with Crippen molar-refractivity contribution in [3.63, 3.8) is 0 Å². The van der Waals surface area contributed by atoms with Gasteiger partial charge in [0.05, 0.1) is 17.7 Å². The van der Waals surface area contributed by atoms with Crippen molar-refractivity contribution >= 4 is 11.9 Å². The summed E-state index contributed by atoms with van der Waals surface area (Å²) in [6.45, 7) is 1.89. The molecule has 0 aliphatic rings. The maximum absolute atomic E-state index is 10.9. The summed E-state index contributed by atoms with van der Waals surface area (Å²) in [5, 5.41) is 8.82. The van der Waals surface area contributed by atoms with E-state index in [1.54, 1.807) is 6.92 Å². The first-order valence-electron chi connectivity index (χ1n) is 4.51. The van der Waals surface area contributed by atoms with E-state index in [0.717, 1.165) is 0 Å². The number of carbonyl (C=O) groups excluding carboxylic acids is 1. The molecule has 0 unspecified atom stereocenters. The summed E-state index contributed by atoms with van der Waals surface area (Å²) in [5.41, 5.74) is 0.190. The van der Waals surface area contributed by atoms with Crippen LogP contribution in [0.2, 0.25) is 0 Å². The summed E-state index contributed by atoms with van der Waals surface area (Å²) in [6, 6.07) is 1.32. The van der Waals surface area contributed by atoms with Crippen LogP contribution in [0.4, 0.5) is 0 Å². The van der Waals surface area contributed by atoms with Gasteiger partial charge in [0.1, 0.15) is 0 Å². The van der Waals surface area contributed by atoms with Gasteiger partial charge in [0, 0.05) is 18.3 Å². The summed E-state index contributed by atoms with van der Waals surface area (Å²) in [7, 11) is 0. The minimum Gasteiger partial charge on any atom is -0.478 e. The molecule has 0 atom stereocenters. The molecule has 0 aliphatic carbocycles. The van der Waals surface area contributed by atoms with E-state index in [9.17, 15) is 9.59 Å². The minimum absolute atomic E-state index is 0.00629. The molecule has 1 N–H and O–H groups in total. The lowest BCUT2D eigenvalue weighted by Crippen LogP contribution is -2.02. The lowest BCUT2D eigenvalue weighted by molar-refractivity contribution is -0.136. The van der Waals surface area contributed by atoms with Gasteiger partial charge in [-0.1, -0.05) is 5.92 Å². The quantitative estimate of drug-likeness (QED) is 0.585. The van der Waals surface area contributed by atoms with Gasteiger partial charge in [-0.25, -0.2) is 9.59 Å². The Balaban J connectivity index is 2.96. The number of carboxylic acid groups (broad SMARTS) is 1. The molecule has 1 aromatic heterocycles. The molecule has 0 bridgehead atoms. The molecule has 16 heavy (non-hydrogen) atoms. The van der Waals surface area contributed by atoms with Crippen molar-refractivity contribution in [1.82, 2.24) is 4.98 Å². The van der Waals surface area contributed by atoms with Crippen molar-refractivity contribution in [1.29, 1.82) is 0 Å². The minimum atomic E-state index is -1.12. The Kier molecular flexibility index (Phi) is 4.04. The number of carbonyl (C=O) groups is 2. The molecule has 0 saturated heterocycles. The van der Waals surface area contributed by atoms with Crippen LogP contribution in [0.1, 0.15) is 22.8 Å². The summed E-state index contributed by atoms with van der Waals surface area (Å²) in [4.78, 5) is 25.4. The third-order valence-electron chi connectivity index (χ3n) is 1.63. The average Bonchev–Trinajstić information content (AvgIpc) is 2.27.